The highest BCUT2D eigenvalue weighted by Crippen LogP contribution is 2.30. The number of carbonyl (C=O) groups excluding carboxylic acids is 1. The van der Waals surface area contributed by atoms with Crippen molar-refractivity contribution in [2.75, 3.05) is 5.32 Å². The van der Waals surface area contributed by atoms with Crippen LogP contribution < -0.4 is 10.1 Å². The summed E-state index contributed by atoms with van der Waals surface area (Å²) < 4.78 is 11.3. The molecular formula is C22H18N2O3S. The van der Waals surface area contributed by atoms with Crippen LogP contribution in [-0.2, 0) is 11.2 Å². The van der Waals surface area contributed by atoms with Crippen molar-refractivity contribution in [3.8, 4) is 22.3 Å². The molecule has 0 saturated carbocycles. The minimum Gasteiger partial charge on any atom is -0.462 e. The van der Waals surface area contributed by atoms with E-state index in [2.05, 4.69) is 10.3 Å². The van der Waals surface area contributed by atoms with Crippen molar-refractivity contribution in [3.05, 3.63) is 83.6 Å². The molecule has 140 valence electrons. The van der Waals surface area contributed by atoms with E-state index >= 15 is 0 Å². The highest BCUT2D eigenvalue weighted by molar-refractivity contribution is 7.13. The standard InChI is InChI=1S/C22H18N2O3S/c1-15-8-10-17(11-9-15)27-19-6-3-2-5-18(19)24-21(25)13-16-14-28-22(23-16)20-7-4-12-26-20/h2-12,14H,13H2,1H3,(H,24,25). The lowest BCUT2D eigenvalue weighted by Gasteiger charge is -2.12. The van der Waals surface area contributed by atoms with Gasteiger partial charge in [0, 0.05) is 5.38 Å². The molecule has 2 heterocycles. The summed E-state index contributed by atoms with van der Waals surface area (Å²) in [4.78, 5) is 17.0. The Kier molecular flexibility index (Phi) is 5.21. The fourth-order valence-electron chi connectivity index (χ4n) is 2.65. The predicted octanol–water partition coefficient (Wildman–Crippen LogP) is 5.69. The van der Waals surface area contributed by atoms with Crippen LogP contribution in [0.3, 0.4) is 0 Å². The minimum absolute atomic E-state index is 0.156. The summed E-state index contributed by atoms with van der Waals surface area (Å²) in [5.74, 6) is 1.86. The van der Waals surface area contributed by atoms with Gasteiger partial charge in [-0.1, -0.05) is 29.8 Å². The van der Waals surface area contributed by atoms with E-state index in [0.29, 0.717) is 22.9 Å². The molecule has 28 heavy (non-hydrogen) atoms. The number of aromatic nitrogens is 1. The smallest absolute Gasteiger partial charge is 0.230 e. The molecular weight excluding hydrogens is 372 g/mol. The molecule has 0 atom stereocenters. The molecule has 0 aliphatic carbocycles. The van der Waals surface area contributed by atoms with Gasteiger partial charge in [-0.25, -0.2) is 4.98 Å². The summed E-state index contributed by atoms with van der Waals surface area (Å²) in [6.45, 7) is 2.02. The number of para-hydroxylation sites is 2. The SMILES string of the molecule is Cc1ccc(Oc2ccccc2NC(=O)Cc2csc(-c3ccco3)n2)cc1. The Morgan fingerprint density at radius 2 is 1.93 bits per heavy atom. The Morgan fingerprint density at radius 1 is 1.11 bits per heavy atom. The van der Waals surface area contributed by atoms with Gasteiger partial charge in [0.2, 0.25) is 5.91 Å². The third-order valence-electron chi connectivity index (χ3n) is 4.04. The van der Waals surface area contributed by atoms with E-state index in [4.69, 9.17) is 9.15 Å². The first-order chi connectivity index (χ1) is 13.7. The van der Waals surface area contributed by atoms with E-state index in [9.17, 15) is 4.79 Å². The molecule has 4 aromatic rings. The quantitative estimate of drug-likeness (QED) is 0.460. The maximum Gasteiger partial charge on any atom is 0.230 e. The van der Waals surface area contributed by atoms with Crippen molar-refractivity contribution in [1.29, 1.82) is 0 Å². The number of ether oxygens (including phenoxy) is 1. The minimum atomic E-state index is -0.156. The monoisotopic (exact) mass is 390 g/mol. The summed E-state index contributed by atoms with van der Waals surface area (Å²) >= 11 is 1.45. The van der Waals surface area contributed by atoms with E-state index in [1.807, 2.05) is 73.0 Å². The second kappa shape index (κ2) is 8.10. The van der Waals surface area contributed by atoms with Crippen LogP contribution in [0.15, 0.2) is 76.7 Å². The Labute approximate surface area is 166 Å². The number of hydrogen-bond acceptors (Lipinski definition) is 5. The van der Waals surface area contributed by atoms with Gasteiger partial charge < -0.3 is 14.5 Å². The molecule has 1 N–H and O–H groups in total. The Hall–Kier alpha value is -3.38. The Balaban J connectivity index is 1.44. The number of anilines is 1. The van der Waals surface area contributed by atoms with Gasteiger partial charge in [0.15, 0.2) is 16.5 Å². The second-order valence-corrected chi connectivity index (χ2v) is 7.12. The molecule has 2 aromatic heterocycles. The molecule has 0 radical (unpaired) electrons. The molecule has 0 unspecified atom stereocenters. The number of carbonyl (C=O) groups is 1. The molecule has 0 aliphatic rings. The predicted molar refractivity (Wildman–Crippen MR) is 110 cm³/mol. The van der Waals surface area contributed by atoms with Crippen molar-refractivity contribution in [2.45, 2.75) is 13.3 Å². The van der Waals surface area contributed by atoms with Crippen LogP contribution in [0.5, 0.6) is 11.5 Å². The molecule has 4 rings (SSSR count). The molecule has 1 amide bonds. The van der Waals surface area contributed by atoms with E-state index in [0.717, 1.165) is 16.3 Å². The lowest BCUT2D eigenvalue weighted by atomic mass is 10.2. The van der Waals surface area contributed by atoms with Gasteiger partial charge in [0.05, 0.1) is 24.1 Å². The molecule has 0 saturated heterocycles. The molecule has 0 aliphatic heterocycles. The zero-order chi connectivity index (χ0) is 19.3. The average molecular weight is 390 g/mol. The first kappa shape index (κ1) is 18.0. The van der Waals surface area contributed by atoms with Crippen LogP contribution in [0.4, 0.5) is 5.69 Å². The average Bonchev–Trinajstić information content (AvgIpc) is 3.37. The Bertz CT molecular complexity index is 1070. The highest BCUT2D eigenvalue weighted by atomic mass is 32.1. The molecule has 0 spiro atoms. The fourth-order valence-corrected chi connectivity index (χ4v) is 3.44. The molecule has 0 bridgehead atoms. The summed E-state index contributed by atoms with van der Waals surface area (Å²) in [6.07, 6.45) is 1.78. The summed E-state index contributed by atoms with van der Waals surface area (Å²) in [7, 11) is 0. The van der Waals surface area contributed by atoms with E-state index in [-0.39, 0.29) is 12.3 Å². The number of nitrogens with one attached hydrogen (secondary N) is 1. The number of amides is 1. The molecule has 6 heteroatoms. The topological polar surface area (TPSA) is 64.4 Å². The fraction of sp³-hybridized carbons (Fsp3) is 0.0909. The van der Waals surface area contributed by atoms with Gasteiger partial charge in [-0.2, -0.15) is 0 Å². The number of aryl methyl sites for hydroxylation is 1. The first-order valence-electron chi connectivity index (χ1n) is 8.79. The van der Waals surface area contributed by atoms with Crippen LogP contribution >= 0.6 is 11.3 Å². The van der Waals surface area contributed by atoms with Crippen molar-refractivity contribution < 1.29 is 13.9 Å². The lowest BCUT2D eigenvalue weighted by Crippen LogP contribution is -2.15. The van der Waals surface area contributed by atoms with Crippen LogP contribution in [0.2, 0.25) is 0 Å². The van der Waals surface area contributed by atoms with Crippen molar-refractivity contribution in [1.82, 2.24) is 4.98 Å². The van der Waals surface area contributed by atoms with Crippen LogP contribution in [0, 0.1) is 6.92 Å². The maximum atomic E-state index is 12.5. The lowest BCUT2D eigenvalue weighted by molar-refractivity contribution is -0.115. The number of benzene rings is 2. The number of nitrogens with zero attached hydrogens (tertiary/aromatic N) is 1. The zero-order valence-electron chi connectivity index (χ0n) is 15.2. The van der Waals surface area contributed by atoms with Crippen LogP contribution in [0.1, 0.15) is 11.3 Å². The van der Waals surface area contributed by atoms with Gasteiger partial charge in [0.1, 0.15) is 5.75 Å². The molecule has 5 nitrogen and oxygen atoms in total. The Morgan fingerprint density at radius 3 is 2.71 bits per heavy atom. The van der Waals surface area contributed by atoms with Gasteiger partial charge >= 0.3 is 0 Å². The number of hydrogen-bond donors (Lipinski definition) is 1. The van der Waals surface area contributed by atoms with Crippen molar-refractivity contribution in [3.63, 3.8) is 0 Å². The second-order valence-electron chi connectivity index (χ2n) is 6.26. The van der Waals surface area contributed by atoms with Crippen molar-refractivity contribution in [2.24, 2.45) is 0 Å². The third-order valence-corrected chi connectivity index (χ3v) is 4.94. The molecule has 0 fully saturated rings. The number of rotatable bonds is 6. The molecule has 2 aromatic carbocycles. The summed E-state index contributed by atoms with van der Waals surface area (Å²) in [5, 5.41) is 5.54. The zero-order valence-corrected chi connectivity index (χ0v) is 16.0. The third kappa shape index (κ3) is 4.29. The van der Waals surface area contributed by atoms with Gasteiger partial charge in [-0.15, -0.1) is 11.3 Å². The van der Waals surface area contributed by atoms with Crippen molar-refractivity contribution >= 4 is 22.9 Å². The summed E-state index contributed by atoms with van der Waals surface area (Å²) in [5.41, 5.74) is 2.48. The van der Waals surface area contributed by atoms with Gasteiger partial charge in [-0.05, 0) is 43.3 Å². The highest BCUT2D eigenvalue weighted by Gasteiger charge is 2.13. The number of thiazole rings is 1. The number of furan rings is 1. The normalized spacial score (nSPS) is 10.6. The maximum absolute atomic E-state index is 12.5. The summed E-state index contributed by atoms with van der Waals surface area (Å²) in [6, 6.07) is 18.8. The van der Waals surface area contributed by atoms with Gasteiger partial charge in [0.25, 0.3) is 0 Å². The van der Waals surface area contributed by atoms with E-state index in [1.54, 1.807) is 6.26 Å². The van der Waals surface area contributed by atoms with E-state index < -0.39 is 0 Å². The van der Waals surface area contributed by atoms with E-state index in [1.165, 1.54) is 11.3 Å². The van der Waals surface area contributed by atoms with Gasteiger partial charge in [-0.3, -0.25) is 4.79 Å². The first-order valence-corrected chi connectivity index (χ1v) is 9.67. The largest absolute Gasteiger partial charge is 0.462 e. The van der Waals surface area contributed by atoms with Crippen LogP contribution in [0.25, 0.3) is 10.8 Å². The van der Waals surface area contributed by atoms with Crippen LogP contribution in [-0.4, -0.2) is 10.9 Å².